The SMILES string of the molecule is CC(C)CCNC(=O)CCCn1c(=O)[nH]c2ccccc2c1=O. The van der Waals surface area contributed by atoms with Crippen molar-refractivity contribution in [2.24, 2.45) is 5.92 Å². The van der Waals surface area contributed by atoms with Crippen LogP contribution in [0.2, 0.25) is 0 Å². The molecular formula is C17H23N3O3. The fourth-order valence-electron chi connectivity index (χ4n) is 2.39. The Labute approximate surface area is 134 Å². The number of carbonyl (C=O) groups excluding carboxylic acids is 1. The zero-order valence-electron chi connectivity index (χ0n) is 13.6. The van der Waals surface area contributed by atoms with Crippen LogP contribution in [0.3, 0.4) is 0 Å². The molecule has 1 aromatic heterocycles. The number of H-pyrrole nitrogens is 1. The van der Waals surface area contributed by atoms with E-state index in [0.29, 0.717) is 36.2 Å². The Hall–Kier alpha value is -2.37. The van der Waals surface area contributed by atoms with Crippen molar-refractivity contribution in [1.29, 1.82) is 0 Å². The Balaban J connectivity index is 1.96. The smallest absolute Gasteiger partial charge is 0.328 e. The summed E-state index contributed by atoms with van der Waals surface area (Å²) >= 11 is 0. The molecule has 0 saturated heterocycles. The van der Waals surface area contributed by atoms with Crippen LogP contribution in [-0.2, 0) is 11.3 Å². The fraction of sp³-hybridized carbons (Fsp3) is 0.471. The molecule has 2 aromatic rings. The van der Waals surface area contributed by atoms with Gasteiger partial charge in [0.2, 0.25) is 5.91 Å². The number of nitrogens with zero attached hydrogens (tertiary/aromatic N) is 1. The zero-order chi connectivity index (χ0) is 16.8. The summed E-state index contributed by atoms with van der Waals surface area (Å²) in [5.74, 6) is 0.501. The first-order chi connectivity index (χ1) is 11.0. The minimum atomic E-state index is -0.436. The van der Waals surface area contributed by atoms with Gasteiger partial charge in [-0.25, -0.2) is 4.79 Å². The van der Waals surface area contributed by atoms with Gasteiger partial charge in [-0.3, -0.25) is 14.2 Å². The normalized spacial score (nSPS) is 11.1. The molecule has 0 fully saturated rings. The summed E-state index contributed by atoms with van der Waals surface area (Å²) in [4.78, 5) is 38.7. The van der Waals surface area contributed by atoms with Crippen LogP contribution in [0.15, 0.2) is 33.9 Å². The lowest BCUT2D eigenvalue weighted by Crippen LogP contribution is -2.35. The minimum absolute atomic E-state index is 0.0454. The third-order valence-electron chi connectivity index (χ3n) is 3.72. The van der Waals surface area contributed by atoms with E-state index in [1.165, 1.54) is 0 Å². The Morgan fingerprint density at radius 3 is 2.74 bits per heavy atom. The second-order valence-electron chi connectivity index (χ2n) is 6.07. The molecular weight excluding hydrogens is 294 g/mol. The van der Waals surface area contributed by atoms with Crippen molar-refractivity contribution < 1.29 is 4.79 Å². The standard InChI is InChI=1S/C17H23N3O3/c1-12(2)9-10-18-15(21)8-5-11-20-16(22)13-6-3-4-7-14(13)19-17(20)23/h3-4,6-7,12H,5,8-11H2,1-2H3,(H,18,21)(H,19,23). The Kier molecular flexibility index (Phi) is 5.73. The molecule has 23 heavy (non-hydrogen) atoms. The van der Waals surface area contributed by atoms with Gasteiger partial charge in [-0.2, -0.15) is 0 Å². The van der Waals surface area contributed by atoms with Gasteiger partial charge in [0, 0.05) is 19.5 Å². The maximum absolute atomic E-state index is 12.3. The third kappa shape index (κ3) is 4.55. The highest BCUT2D eigenvalue weighted by molar-refractivity contribution is 5.77. The quantitative estimate of drug-likeness (QED) is 0.814. The Bertz CT molecular complexity index is 790. The summed E-state index contributed by atoms with van der Waals surface area (Å²) in [6, 6.07) is 6.91. The Morgan fingerprint density at radius 2 is 2.00 bits per heavy atom. The molecule has 0 radical (unpaired) electrons. The van der Waals surface area contributed by atoms with E-state index in [-0.39, 0.29) is 18.0 Å². The topological polar surface area (TPSA) is 84.0 Å². The maximum atomic E-state index is 12.3. The van der Waals surface area contributed by atoms with Gasteiger partial charge in [0.1, 0.15) is 0 Å². The molecule has 0 aliphatic carbocycles. The molecule has 0 bridgehead atoms. The molecule has 0 aliphatic heterocycles. The molecule has 1 aromatic carbocycles. The van der Waals surface area contributed by atoms with Crippen LogP contribution < -0.4 is 16.6 Å². The summed E-state index contributed by atoms with van der Waals surface area (Å²) < 4.78 is 1.16. The number of hydrogen-bond donors (Lipinski definition) is 2. The van der Waals surface area contributed by atoms with Crippen LogP contribution in [0.5, 0.6) is 0 Å². The monoisotopic (exact) mass is 317 g/mol. The van der Waals surface area contributed by atoms with Crippen molar-refractivity contribution in [2.75, 3.05) is 6.54 Å². The zero-order valence-corrected chi connectivity index (χ0v) is 13.6. The lowest BCUT2D eigenvalue weighted by molar-refractivity contribution is -0.121. The highest BCUT2D eigenvalue weighted by Gasteiger charge is 2.08. The maximum Gasteiger partial charge on any atom is 0.328 e. The summed E-state index contributed by atoms with van der Waals surface area (Å²) in [7, 11) is 0. The number of benzene rings is 1. The van der Waals surface area contributed by atoms with Gasteiger partial charge in [0.25, 0.3) is 5.56 Å². The number of fused-ring (bicyclic) bond motifs is 1. The summed E-state index contributed by atoms with van der Waals surface area (Å²) in [6.45, 7) is 5.10. The van der Waals surface area contributed by atoms with E-state index >= 15 is 0 Å². The van der Waals surface area contributed by atoms with Gasteiger partial charge < -0.3 is 10.3 Å². The van der Waals surface area contributed by atoms with Gasteiger partial charge in [0.15, 0.2) is 0 Å². The van der Waals surface area contributed by atoms with Gasteiger partial charge in [-0.1, -0.05) is 26.0 Å². The first-order valence-electron chi connectivity index (χ1n) is 7.97. The number of rotatable bonds is 7. The highest BCUT2D eigenvalue weighted by atomic mass is 16.2. The van der Waals surface area contributed by atoms with E-state index in [1.807, 2.05) is 0 Å². The molecule has 0 saturated carbocycles. The minimum Gasteiger partial charge on any atom is -0.356 e. The molecule has 1 heterocycles. The van der Waals surface area contributed by atoms with Crippen LogP contribution in [0.1, 0.15) is 33.1 Å². The van der Waals surface area contributed by atoms with E-state index < -0.39 is 5.69 Å². The number of aromatic nitrogens is 2. The third-order valence-corrected chi connectivity index (χ3v) is 3.72. The summed E-state index contributed by atoms with van der Waals surface area (Å²) in [6.07, 6.45) is 1.70. The van der Waals surface area contributed by atoms with Gasteiger partial charge in [-0.15, -0.1) is 0 Å². The van der Waals surface area contributed by atoms with E-state index in [0.717, 1.165) is 11.0 Å². The van der Waals surface area contributed by atoms with Crippen molar-refractivity contribution in [3.05, 3.63) is 45.1 Å². The van der Waals surface area contributed by atoms with Crippen molar-refractivity contribution in [2.45, 2.75) is 39.7 Å². The molecule has 124 valence electrons. The van der Waals surface area contributed by atoms with Crippen LogP contribution in [0.4, 0.5) is 0 Å². The van der Waals surface area contributed by atoms with Crippen LogP contribution in [0, 0.1) is 5.92 Å². The highest BCUT2D eigenvalue weighted by Crippen LogP contribution is 2.03. The van der Waals surface area contributed by atoms with E-state index in [9.17, 15) is 14.4 Å². The molecule has 0 atom stereocenters. The molecule has 0 unspecified atom stereocenters. The first-order valence-corrected chi connectivity index (χ1v) is 7.97. The summed E-state index contributed by atoms with van der Waals surface area (Å²) in [5, 5.41) is 3.33. The average molecular weight is 317 g/mol. The predicted molar refractivity (Wildman–Crippen MR) is 90.5 cm³/mol. The fourth-order valence-corrected chi connectivity index (χ4v) is 2.39. The van der Waals surface area contributed by atoms with Crippen LogP contribution in [0.25, 0.3) is 10.9 Å². The van der Waals surface area contributed by atoms with Gasteiger partial charge >= 0.3 is 5.69 Å². The van der Waals surface area contributed by atoms with E-state index in [1.54, 1.807) is 24.3 Å². The molecule has 0 spiro atoms. The molecule has 2 N–H and O–H groups in total. The lowest BCUT2D eigenvalue weighted by Gasteiger charge is -2.08. The number of para-hydroxylation sites is 1. The number of carbonyl (C=O) groups is 1. The van der Waals surface area contributed by atoms with Gasteiger partial charge in [0.05, 0.1) is 10.9 Å². The van der Waals surface area contributed by atoms with E-state index in [4.69, 9.17) is 0 Å². The number of amides is 1. The molecule has 0 aliphatic rings. The lowest BCUT2D eigenvalue weighted by atomic mass is 10.1. The first kappa shape index (κ1) is 17.0. The van der Waals surface area contributed by atoms with Crippen LogP contribution >= 0.6 is 0 Å². The average Bonchev–Trinajstić information content (AvgIpc) is 2.50. The van der Waals surface area contributed by atoms with Crippen molar-refractivity contribution in [3.63, 3.8) is 0 Å². The van der Waals surface area contributed by atoms with Crippen molar-refractivity contribution >= 4 is 16.8 Å². The molecule has 6 heteroatoms. The molecule has 1 amide bonds. The van der Waals surface area contributed by atoms with Crippen molar-refractivity contribution in [3.8, 4) is 0 Å². The number of aromatic amines is 1. The van der Waals surface area contributed by atoms with E-state index in [2.05, 4.69) is 24.1 Å². The van der Waals surface area contributed by atoms with Crippen molar-refractivity contribution in [1.82, 2.24) is 14.9 Å². The molecule has 6 nitrogen and oxygen atoms in total. The number of hydrogen-bond acceptors (Lipinski definition) is 3. The van der Waals surface area contributed by atoms with Gasteiger partial charge in [-0.05, 0) is 30.9 Å². The summed E-state index contributed by atoms with van der Waals surface area (Å²) in [5.41, 5.74) is -0.219. The van der Waals surface area contributed by atoms with Crippen LogP contribution in [-0.4, -0.2) is 22.0 Å². The largest absolute Gasteiger partial charge is 0.356 e. The predicted octanol–water partition coefficient (Wildman–Crippen LogP) is 1.63. The Morgan fingerprint density at radius 1 is 1.26 bits per heavy atom. The number of nitrogens with one attached hydrogen (secondary N) is 2. The second kappa shape index (κ2) is 7.76. The second-order valence-corrected chi connectivity index (χ2v) is 6.07. The molecule has 2 rings (SSSR count).